The number of piperidine rings is 1. The van der Waals surface area contributed by atoms with E-state index in [0.717, 1.165) is 16.8 Å². The van der Waals surface area contributed by atoms with Crippen LogP contribution in [0.3, 0.4) is 0 Å². The van der Waals surface area contributed by atoms with E-state index in [9.17, 15) is 19.2 Å². The van der Waals surface area contributed by atoms with Crippen molar-refractivity contribution in [3.63, 3.8) is 0 Å². The van der Waals surface area contributed by atoms with Crippen molar-refractivity contribution in [3.05, 3.63) is 58.5 Å². The minimum atomic E-state index is -0.734. The molecule has 0 unspecified atom stereocenters. The molecule has 0 saturated carbocycles. The Hall–Kier alpha value is -3.47. The number of nitrogens with one attached hydrogen (secondary N) is 2. The molecule has 1 aliphatic heterocycles. The maximum absolute atomic E-state index is 13.2. The molecule has 2 heterocycles. The number of nitriles is 1. The monoisotopic (exact) mass is 437 g/mol. The van der Waals surface area contributed by atoms with Gasteiger partial charge in [0.2, 0.25) is 11.8 Å². The highest BCUT2D eigenvalue weighted by Crippen LogP contribution is 2.25. The smallest absolute Gasteiger partial charge is 0.243 e. The predicted octanol–water partition coefficient (Wildman–Crippen LogP) is 2.54. The fourth-order valence-electron chi connectivity index (χ4n) is 4.03. The number of hydrogen-bond donors (Lipinski definition) is 2. The minimum absolute atomic E-state index is 0.0420. The Bertz CT molecular complexity index is 1020. The van der Waals surface area contributed by atoms with E-state index in [4.69, 9.17) is 0 Å². The largest absolute Gasteiger partial charge is 0.355 e. The van der Waals surface area contributed by atoms with Crippen LogP contribution in [0.15, 0.2) is 30.3 Å². The van der Waals surface area contributed by atoms with E-state index >= 15 is 0 Å². The van der Waals surface area contributed by atoms with Crippen LogP contribution < -0.4 is 15.5 Å². The van der Waals surface area contributed by atoms with Gasteiger partial charge in [-0.3, -0.25) is 9.59 Å². The number of aryl methyl sites for hydroxylation is 2. The molecule has 2 N–H and O–H groups in total. The fourth-order valence-corrected chi connectivity index (χ4v) is 4.03. The molecule has 7 nitrogen and oxygen atoms in total. The zero-order chi connectivity index (χ0) is 23.3. The molecule has 32 heavy (non-hydrogen) atoms. The van der Waals surface area contributed by atoms with Gasteiger partial charge in [-0.1, -0.05) is 12.1 Å². The number of aromatic nitrogens is 1. The van der Waals surface area contributed by atoms with E-state index < -0.39 is 6.04 Å². The van der Waals surface area contributed by atoms with Gasteiger partial charge in [-0.2, -0.15) is 5.26 Å². The number of amides is 2. The molecule has 0 bridgehead atoms. The van der Waals surface area contributed by atoms with Crippen LogP contribution in [0.5, 0.6) is 0 Å². The van der Waals surface area contributed by atoms with Crippen LogP contribution in [0.2, 0.25) is 0 Å². The lowest BCUT2D eigenvalue weighted by molar-refractivity contribution is -0.128. The van der Waals surface area contributed by atoms with Crippen LogP contribution >= 0.6 is 0 Å². The first kappa shape index (κ1) is 23.2. The first-order valence-electron chi connectivity index (χ1n) is 10.7. The number of halogens is 1. The van der Waals surface area contributed by atoms with Gasteiger partial charge in [-0.15, -0.1) is 0 Å². The quantitative estimate of drug-likeness (QED) is 0.724. The van der Waals surface area contributed by atoms with Gasteiger partial charge in [0, 0.05) is 38.2 Å². The van der Waals surface area contributed by atoms with Gasteiger partial charge in [0.25, 0.3) is 0 Å². The Morgan fingerprint density at radius 2 is 1.91 bits per heavy atom. The van der Waals surface area contributed by atoms with E-state index in [1.54, 1.807) is 12.1 Å². The van der Waals surface area contributed by atoms with Crippen LogP contribution in [0.25, 0.3) is 0 Å². The Labute approximate surface area is 187 Å². The molecule has 168 valence electrons. The molecular formula is C24H28FN5O2. The maximum atomic E-state index is 13.2. The van der Waals surface area contributed by atoms with Crippen molar-refractivity contribution in [3.8, 4) is 6.07 Å². The van der Waals surface area contributed by atoms with Gasteiger partial charge < -0.3 is 15.5 Å². The fraction of sp³-hybridized carbons (Fsp3) is 0.417. The van der Waals surface area contributed by atoms with Gasteiger partial charge >= 0.3 is 0 Å². The molecule has 0 spiro atoms. The minimum Gasteiger partial charge on any atom is -0.355 e. The molecule has 1 saturated heterocycles. The van der Waals surface area contributed by atoms with E-state index in [-0.39, 0.29) is 30.1 Å². The highest BCUT2D eigenvalue weighted by molar-refractivity contribution is 5.87. The van der Waals surface area contributed by atoms with Gasteiger partial charge in [0.05, 0.1) is 5.56 Å². The Morgan fingerprint density at radius 3 is 2.50 bits per heavy atom. The Balaban J connectivity index is 1.62. The molecule has 1 fully saturated rings. The number of pyridine rings is 1. The lowest BCUT2D eigenvalue weighted by Gasteiger charge is -2.34. The summed E-state index contributed by atoms with van der Waals surface area (Å²) in [6, 6.07) is 9.28. The summed E-state index contributed by atoms with van der Waals surface area (Å²) in [5, 5.41) is 15.3. The molecule has 8 heteroatoms. The summed E-state index contributed by atoms with van der Waals surface area (Å²) in [5.41, 5.74) is 3.12. The Kier molecular flexibility index (Phi) is 7.41. The van der Waals surface area contributed by atoms with Crippen LogP contribution in [0.1, 0.15) is 42.1 Å². The van der Waals surface area contributed by atoms with Gasteiger partial charge in [-0.05, 0) is 56.0 Å². The number of benzene rings is 1. The second-order valence-electron chi connectivity index (χ2n) is 8.24. The second kappa shape index (κ2) is 10.2. The normalized spacial score (nSPS) is 15.0. The van der Waals surface area contributed by atoms with Crippen molar-refractivity contribution >= 4 is 17.6 Å². The van der Waals surface area contributed by atoms with Gasteiger partial charge in [0.15, 0.2) is 0 Å². The van der Waals surface area contributed by atoms with E-state index in [0.29, 0.717) is 37.3 Å². The molecule has 0 radical (unpaired) electrons. The van der Waals surface area contributed by atoms with E-state index in [1.807, 2.05) is 19.9 Å². The lowest BCUT2D eigenvalue weighted by Crippen LogP contribution is -2.52. The average Bonchev–Trinajstić information content (AvgIpc) is 2.74. The second-order valence-corrected chi connectivity index (χ2v) is 8.24. The Morgan fingerprint density at radius 1 is 1.25 bits per heavy atom. The highest BCUT2D eigenvalue weighted by Gasteiger charge is 2.27. The molecule has 1 aromatic carbocycles. The summed E-state index contributed by atoms with van der Waals surface area (Å²) in [7, 11) is 0. The lowest BCUT2D eigenvalue weighted by atomic mass is 10.0. The van der Waals surface area contributed by atoms with Gasteiger partial charge in [-0.25, -0.2) is 9.37 Å². The van der Waals surface area contributed by atoms with Crippen molar-refractivity contribution in [2.24, 2.45) is 0 Å². The average molecular weight is 438 g/mol. The topological polar surface area (TPSA) is 98.1 Å². The zero-order valence-electron chi connectivity index (χ0n) is 18.6. The first-order valence-corrected chi connectivity index (χ1v) is 10.7. The summed E-state index contributed by atoms with van der Waals surface area (Å²) in [6.07, 6.45) is 1.69. The molecule has 1 atom stereocenters. The van der Waals surface area contributed by atoms with Crippen molar-refractivity contribution in [2.75, 3.05) is 18.0 Å². The summed E-state index contributed by atoms with van der Waals surface area (Å²) < 4.78 is 13.2. The summed E-state index contributed by atoms with van der Waals surface area (Å²) in [4.78, 5) is 31.2. The van der Waals surface area contributed by atoms with Crippen LogP contribution in [0, 0.1) is 31.0 Å². The number of anilines is 1. The zero-order valence-corrected chi connectivity index (χ0v) is 18.6. The maximum Gasteiger partial charge on any atom is 0.243 e. The predicted molar refractivity (Wildman–Crippen MR) is 120 cm³/mol. The van der Waals surface area contributed by atoms with Crippen molar-refractivity contribution in [1.82, 2.24) is 15.6 Å². The molecule has 3 rings (SSSR count). The summed E-state index contributed by atoms with van der Waals surface area (Å²) >= 11 is 0. The third-order valence-electron chi connectivity index (χ3n) is 5.63. The third kappa shape index (κ3) is 5.82. The molecule has 2 aromatic rings. The van der Waals surface area contributed by atoms with E-state index in [1.165, 1.54) is 19.1 Å². The van der Waals surface area contributed by atoms with Crippen LogP contribution in [0.4, 0.5) is 10.2 Å². The van der Waals surface area contributed by atoms with E-state index in [2.05, 4.69) is 26.6 Å². The SMILES string of the molecule is CC(=O)N[C@H](Cc1ccc(F)cc1)C(=O)NC1CCN(c2nc(C)cc(C)c2C#N)CC1. The first-order chi connectivity index (χ1) is 15.3. The number of carbonyl (C=O) groups is 2. The molecule has 0 aliphatic carbocycles. The summed E-state index contributed by atoms with van der Waals surface area (Å²) in [5.74, 6) is -0.210. The highest BCUT2D eigenvalue weighted by atomic mass is 19.1. The molecular weight excluding hydrogens is 409 g/mol. The van der Waals surface area contributed by atoms with Gasteiger partial charge in [0.1, 0.15) is 23.7 Å². The number of rotatable bonds is 6. The number of hydrogen-bond acceptors (Lipinski definition) is 5. The number of carbonyl (C=O) groups excluding carboxylic acids is 2. The molecule has 2 amide bonds. The van der Waals surface area contributed by atoms with Crippen molar-refractivity contribution in [2.45, 2.75) is 52.1 Å². The van der Waals surface area contributed by atoms with Crippen molar-refractivity contribution in [1.29, 1.82) is 5.26 Å². The summed E-state index contributed by atoms with van der Waals surface area (Å²) in [6.45, 7) is 6.52. The van der Waals surface area contributed by atoms with Crippen molar-refractivity contribution < 1.29 is 14.0 Å². The number of nitrogens with zero attached hydrogens (tertiary/aromatic N) is 3. The van der Waals surface area contributed by atoms with Crippen LogP contribution in [-0.2, 0) is 16.0 Å². The van der Waals surface area contributed by atoms with Crippen LogP contribution in [-0.4, -0.2) is 42.0 Å². The molecule has 1 aromatic heterocycles. The standard InChI is InChI=1S/C24H28FN5O2/c1-15-12-16(2)27-23(21(15)14-26)30-10-8-20(9-11-30)29-24(32)22(28-17(3)31)13-18-4-6-19(25)7-5-18/h4-7,12,20,22H,8-11,13H2,1-3H3,(H,28,31)(H,29,32)/t22-/m1/s1. The third-order valence-corrected chi connectivity index (χ3v) is 5.63. The molecule has 1 aliphatic rings.